The summed E-state index contributed by atoms with van der Waals surface area (Å²) >= 11 is 0. The topological polar surface area (TPSA) is 64.9 Å². The molecular weight excluding hydrogens is 226 g/mol. The summed E-state index contributed by atoms with van der Waals surface area (Å²) in [5.74, 6) is -0.0755. The molecule has 0 bridgehead atoms. The van der Waals surface area contributed by atoms with Crippen LogP contribution < -0.4 is 10.6 Å². The lowest BCUT2D eigenvalue weighted by atomic mass is 10.2. The number of para-hydroxylation sites is 1. The molecule has 0 aliphatic carbocycles. The first-order valence-electron chi connectivity index (χ1n) is 6.19. The van der Waals surface area contributed by atoms with Crippen molar-refractivity contribution in [3.05, 3.63) is 29.8 Å². The van der Waals surface area contributed by atoms with Crippen LogP contribution in [0.15, 0.2) is 24.3 Å². The summed E-state index contributed by atoms with van der Waals surface area (Å²) in [5, 5.41) is 14.9. The number of nitrogens with one attached hydrogen (secondary N) is 2. The molecule has 0 aromatic heterocycles. The molecule has 96 valence electrons. The molecule has 0 saturated carbocycles. The molecule has 1 aromatic carbocycles. The molecule has 0 saturated heterocycles. The van der Waals surface area contributed by atoms with E-state index < -0.39 is 0 Å². The van der Waals surface area contributed by atoms with Gasteiger partial charge in [0.1, 0.15) is 6.07 Å². The van der Waals surface area contributed by atoms with Crippen LogP contribution in [0.3, 0.4) is 0 Å². The maximum Gasteiger partial charge on any atom is 0.225 e. The molecule has 1 unspecified atom stereocenters. The summed E-state index contributed by atoms with van der Waals surface area (Å²) in [6.45, 7) is 4.83. The fraction of sp³-hybridized carbons (Fsp3) is 0.429. The SMILES string of the molecule is CCC(C)NCCC(=O)Nc1ccccc1C#N. The van der Waals surface area contributed by atoms with E-state index in [2.05, 4.69) is 30.6 Å². The molecule has 1 aromatic rings. The Morgan fingerprint density at radius 1 is 1.44 bits per heavy atom. The number of anilines is 1. The van der Waals surface area contributed by atoms with Gasteiger partial charge in [0.15, 0.2) is 0 Å². The van der Waals surface area contributed by atoms with Gasteiger partial charge >= 0.3 is 0 Å². The minimum Gasteiger partial charge on any atom is -0.325 e. The van der Waals surface area contributed by atoms with Gasteiger partial charge in [-0.1, -0.05) is 19.1 Å². The number of hydrogen-bond acceptors (Lipinski definition) is 3. The summed E-state index contributed by atoms with van der Waals surface area (Å²) in [7, 11) is 0. The first kappa shape index (κ1) is 14.2. The van der Waals surface area contributed by atoms with Gasteiger partial charge in [0.2, 0.25) is 5.91 Å². The van der Waals surface area contributed by atoms with Crippen molar-refractivity contribution < 1.29 is 4.79 Å². The van der Waals surface area contributed by atoms with E-state index in [1.807, 2.05) is 0 Å². The van der Waals surface area contributed by atoms with Gasteiger partial charge in [0, 0.05) is 19.0 Å². The Morgan fingerprint density at radius 3 is 2.83 bits per heavy atom. The van der Waals surface area contributed by atoms with E-state index in [9.17, 15) is 4.79 Å². The molecular formula is C14H19N3O. The Bertz CT molecular complexity index is 437. The highest BCUT2D eigenvalue weighted by molar-refractivity contribution is 5.92. The van der Waals surface area contributed by atoms with E-state index in [-0.39, 0.29) is 5.91 Å². The van der Waals surface area contributed by atoms with Crippen LogP contribution in [0.4, 0.5) is 5.69 Å². The van der Waals surface area contributed by atoms with Gasteiger partial charge < -0.3 is 10.6 Å². The second kappa shape index (κ2) is 7.46. The van der Waals surface area contributed by atoms with Crippen molar-refractivity contribution in [2.75, 3.05) is 11.9 Å². The molecule has 1 amide bonds. The number of benzene rings is 1. The minimum absolute atomic E-state index is 0.0755. The minimum atomic E-state index is -0.0755. The van der Waals surface area contributed by atoms with Crippen LogP contribution >= 0.6 is 0 Å². The predicted molar refractivity (Wildman–Crippen MR) is 72.2 cm³/mol. The lowest BCUT2D eigenvalue weighted by Crippen LogP contribution is -2.29. The van der Waals surface area contributed by atoms with E-state index >= 15 is 0 Å². The van der Waals surface area contributed by atoms with Crippen molar-refractivity contribution in [1.29, 1.82) is 5.26 Å². The standard InChI is InChI=1S/C14H19N3O/c1-3-11(2)16-9-8-14(18)17-13-7-5-4-6-12(13)10-15/h4-7,11,16H,3,8-9H2,1-2H3,(H,17,18). The van der Waals surface area contributed by atoms with Gasteiger partial charge in [-0.3, -0.25) is 4.79 Å². The van der Waals surface area contributed by atoms with Gasteiger partial charge in [-0.25, -0.2) is 0 Å². The fourth-order valence-electron chi connectivity index (χ4n) is 1.48. The van der Waals surface area contributed by atoms with E-state index in [1.165, 1.54) is 0 Å². The van der Waals surface area contributed by atoms with E-state index in [4.69, 9.17) is 5.26 Å². The first-order chi connectivity index (χ1) is 8.67. The molecule has 0 aliphatic rings. The average molecular weight is 245 g/mol. The lowest BCUT2D eigenvalue weighted by molar-refractivity contribution is -0.116. The molecule has 0 radical (unpaired) electrons. The molecule has 0 fully saturated rings. The monoisotopic (exact) mass is 245 g/mol. The molecule has 2 N–H and O–H groups in total. The number of rotatable bonds is 6. The van der Waals surface area contributed by atoms with E-state index in [0.29, 0.717) is 30.3 Å². The fourth-order valence-corrected chi connectivity index (χ4v) is 1.48. The summed E-state index contributed by atoms with van der Waals surface area (Å²) in [6, 6.07) is 9.47. The van der Waals surface area contributed by atoms with Crippen LogP contribution in [0, 0.1) is 11.3 Å². The Morgan fingerprint density at radius 2 is 2.17 bits per heavy atom. The summed E-state index contributed by atoms with van der Waals surface area (Å²) in [6.07, 6.45) is 1.45. The van der Waals surface area contributed by atoms with Crippen molar-refractivity contribution in [3.8, 4) is 6.07 Å². The van der Waals surface area contributed by atoms with Gasteiger partial charge in [-0.15, -0.1) is 0 Å². The number of amides is 1. The second-order valence-electron chi connectivity index (χ2n) is 4.22. The van der Waals surface area contributed by atoms with Crippen LogP contribution in [0.25, 0.3) is 0 Å². The van der Waals surface area contributed by atoms with Crippen LogP contribution in [-0.4, -0.2) is 18.5 Å². The van der Waals surface area contributed by atoms with Gasteiger partial charge in [0.25, 0.3) is 0 Å². The predicted octanol–water partition coefficient (Wildman–Crippen LogP) is 2.27. The summed E-state index contributed by atoms with van der Waals surface area (Å²) in [5.41, 5.74) is 1.06. The van der Waals surface area contributed by atoms with Crippen molar-refractivity contribution >= 4 is 11.6 Å². The Hall–Kier alpha value is -1.86. The lowest BCUT2D eigenvalue weighted by Gasteiger charge is -2.11. The first-order valence-corrected chi connectivity index (χ1v) is 6.19. The average Bonchev–Trinajstić information content (AvgIpc) is 2.39. The Balaban J connectivity index is 2.43. The van der Waals surface area contributed by atoms with Crippen LogP contribution in [0.1, 0.15) is 32.3 Å². The molecule has 18 heavy (non-hydrogen) atoms. The third kappa shape index (κ3) is 4.56. The molecule has 1 atom stereocenters. The van der Waals surface area contributed by atoms with Crippen molar-refractivity contribution in [2.45, 2.75) is 32.7 Å². The zero-order chi connectivity index (χ0) is 13.4. The largest absolute Gasteiger partial charge is 0.325 e. The molecule has 0 aliphatic heterocycles. The summed E-state index contributed by atoms with van der Waals surface area (Å²) in [4.78, 5) is 11.7. The molecule has 4 heteroatoms. The normalized spacial score (nSPS) is 11.6. The van der Waals surface area contributed by atoms with Gasteiger partial charge in [-0.05, 0) is 25.5 Å². The van der Waals surface area contributed by atoms with E-state index in [0.717, 1.165) is 6.42 Å². The number of hydrogen-bond donors (Lipinski definition) is 2. The van der Waals surface area contributed by atoms with Crippen LogP contribution in [-0.2, 0) is 4.79 Å². The van der Waals surface area contributed by atoms with Gasteiger partial charge in [0.05, 0.1) is 11.3 Å². The Kier molecular flexibility index (Phi) is 5.89. The number of nitrogens with zero attached hydrogens (tertiary/aromatic N) is 1. The van der Waals surface area contributed by atoms with Crippen LogP contribution in [0.2, 0.25) is 0 Å². The number of nitriles is 1. The highest BCUT2D eigenvalue weighted by Crippen LogP contribution is 2.13. The maximum absolute atomic E-state index is 11.7. The molecule has 4 nitrogen and oxygen atoms in total. The van der Waals surface area contributed by atoms with Crippen LogP contribution in [0.5, 0.6) is 0 Å². The highest BCUT2D eigenvalue weighted by atomic mass is 16.1. The van der Waals surface area contributed by atoms with Crippen molar-refractivity contribution in [3.63, 3.8) is 0 Å². The zero-order valence-electron chi connectivity index (χ0n) is 10.9. The van der Waals surface area contributed by atoms with Crippen molar-refractivity contribution in [1.82, 2.24) is 5.32 Å². The smallest absolute Gasteiger partial charge is 0.225 e. The second-order valence-corrected chi connectivity index (χ2v) is 4.22. The Labute approximate surface area is 108 Å². The number of carbonyl (C=O) groups is 1. The molecule has 1 rings (SSSR count). The highest BCUT2D eigenvalue weighted by Gasteiger charge is 2.06. The quantitative estimate of drug-likeness (QED) is 0.808. The zero-order valence-corrected chi connectivity index (χ0v) is 10.9. The van der Waals surface area contributed by atoms with Crippen molar-refractivity contribution in [2.24, 2.45) is 0 Å². The third-order valence-electron chi connectivity index (χ3n) is 2.78. The van der Waals surface area contributed by atoms with E-state index in [1.54, 1.807) is 24.3 Å². The summed E-state index contributed by atoms with van der Waals surface area (Å²) < 4.78 is 0. The maximum atomic E-state index is 11.7. The van der Waals surface area contributed by atoms with Gasteiger partial charge in [-0.2, -0.15) is 5.26 Å². The third-order valence-corrected chi connectivity index (χ3v) is 2.78. The molecule has 0 spiro atoms. The molecule has 0 heterocycles. The number of carbonyl (C=O) groups excluding carboxylic acids is 1.